The lowest BCUT2D eigenvalue weighted by molar-refractivity contribution is 0.0167. The van der Waals surface area contributed by atoms with Gasteiger partial charge in [-0.3, -0.25) is 0 Å². The Morgan fingerprint density at radius 3 is 2.24 bits per heavy atom. The molecule has 0 amide bonds. The smallest absolute Gasteiger partial charge is 0.0622 e. The van der Waals surface area contributed by atoms with Crippen LogP contribution >= 0.6 is 0 Å². The number of rotatable bonds is 7. The summed E-state index contributed by atoms with van der Waals surface area (Å²) >= 11 is 0. The minimum atomic E-state index is -0.422. The van der Waals surface area contributed by atoms with Crippen LogP contribution in [0.15, 0.2) is 0 Å². The third kappa shape index (κ3) is 5.90. The lowest BCUT2D eigenvalue weighted by Crippen LogP contribution is -2.28. The van der Waals surface area contributed by atoms with Gasteiger partial charge >= 0.3 is 0 Å². The second kappa shape index (κ2) is 7.41. The molecule has 1 unspecified atom stereocenters. The third-order valence-electron chi connectivity index (χ3n) is 4.70. The Morgan fingerprint density at radius 2 is 1.71 bits per heavy atom. The summed E-state index contributed by atoms with van der Waals surface area (Å²) in [6.45, 7) is 6.53. The highest BCUT2D eigenvalue weighted by Crippen LogP contribution is 2.32. The molecule has 0 spiro atoms. The summed E-state index contributed by atoms with van der Waals surface area (Å²) in [5, 5.41) is 10.5. The van der Waals surface area contributed by atoms with Crippen LogP contribution in [0.1, 0.15) is 85.0 Å². The molecule has 102 valence electrons. The Bertz CT molecular complexity index is 188. The van der Waals surface area contributed by atoms with E-state index in [2.05, 4.69) is 13.8 Å². The molecule has 0 aliphatic heterocycles. The molecule has 0 aromatic carbocycles. The summed E-state index contributed by atoms with van der Waals surface area (Å²) in [6, 6.07) is 0. The Kier molecular flexibility index (Phi) is 6.54. The van der Waals surface area contributed by atoms with Crippen molar-refractivity contribution in [1.29, 1.82) is 0 Å². The molecule has 1 rings (SSSR count). The van der Waals surface area contributed by atoms with Gasteiger partial charge in [0.05, 0.1) is 5.60 Å². The molecule has 1 saturated carbocycles. The van der Waals surface area contributed by atoms with E-state index in [-0.39, 0.29) is 0 Å². The predicted octanol–water partition coefficient (Wildman–Crippen LogP) is 4.92. The van der Waals surface area contributed by atoms with Crippen LogP contribution in [0.2, 0.25) is 0 Å². The topological polar surface area (TPSA) is 20.2 Å². The van der Waals surface area contributed by atoms with E-state index in [1.165, 1.54) is 51.4 Å². The van der Waals surface area contributed by atoms with Crippen LogP contribution in [-0.4, -0.2) is 10.7 Å². The van der Waals surface area contributed by atoms with E-state index < -0.39 is 5.60 Å². The summed E-state index contributed by atoms with van der Waals surface area (Å²) < 4.78 is 0. The van der Waals surface area contributed by atoms with E-state index in [0.29, 0.717) is 5.92 Å². The fourth-order valence-electron chi connectivity index (χ4n) is 3.29. The largest absolute Gasteiger partial charge is 0.390 e. The summed E-state index contributed by atoms with van der Waals surface area (Å²) in [7, 11) is 0. The first-order chi connectivity index (χ1) is 8.07. The van der Waals surface area contributed by atoms with Crippen LogP contribution in [0.5, 0.6) is 0 Å². The minimum absolute atomic E-state index is 0.422. The molecule has 0 heterocycles. The highest BCUT2D eigenvalue weighted by Gasteiger charge is 2.25. The van der Waals surface area contributed by atoms with Crippen LogP contribution < -0.4 is 0 Å². The van der Waals surface area contributed by atoms with Crippen molar-refractivity contribution in [2.24, 2.45) is 11.8 Å². The highest BCUT2D eigenvalue weighted by atomic mass is 16.3. The Labute approximate surface area is 108 Å². The van der Waals surface area contributed by atoms with Crippen molar-refractivity contribution in [3.05, 3.63) is 0 Å². The van der Waals surface area contributed by atoms with Crippen molar-refractivity contribution in [2.45, 2.75) is 90.6 Å². The Morgan fingerprint density at radius 1 is 1.12 bits per heavy atom. The molecule has 1 atom stereocenters. The van der Waals surface area contributed by atoms with Gasteiger partial charge < -0.3 is 5.11 Å². The van der Waals surface area contributed by atoms with Gasteiger partial charge in [0, 0.05) is 0 Å². The van der Waals surface area contributed by atoms with Crippen LogP contribution in [0.4, 0.5) is 0 Å². The highest BCUT2D eigenvalue weighted by molar-refractivity contribution is 4.78. The third-order valence-corrected chi connectivity index (χ3v) is 4.70. The van der Waals surface area contributed by atoms with Crippen LogP contribution in [0.3, 0.4) is 0 Å². The van der Waals surface area contributed by atoms with Gasteiger partial charge in [0.1, 0.15) is 0 Å². The first kappa shape index (κ1) is 15.0. The molecule has 0 bridgehead atoms. The van der Waals surface area contributed by atoms with E-state index in [1.54, 1.807) is 0 Å². The molecule has 17 heavy (non-hydrogen) atoms. The van der Waals surface area contributed by atoms with Crippen molar-refractivity contribution in [3.63, 3.8) is 0 Å². The van der Waals surface area contributed by atoms with Gasteiger partial charge in [-0.25, -0.2) is 0 Å². The van der Waals surface area contributed by atoms with Crippen LogP contribution in [-0.2, 0) is 0 Å². The van der Waals surface area contributed by atoms with Crippen LogP contribution in [0.25, 0.3) is 0 Å². The first-order valence-corrected chi connectivity index (χ1v) is 7.79. The zero-order chi connectivity index (χ0) is 12.7. The van der Waals surface area contributed by atoms with Crippen LogP contribution in [0, 0.1) is 11.8 Å². The van der Waals surface area contributed by atoms with E-state index in [9.17, 15) is 5.11 Å². The summed E-state index contributed by atoms with van der Waals surface area (Å²) in [4.78, 5) is 0. The fourth-order valence-corrected chi connectivity index (χ4v) is 3.29. The Hall–Kier alpha value is -0.0400. The van der Waals surface area contributed by atoms with Gasteiger partial charge in [0.2, 0.25) is 0 Å². The van der Waals surface area contributed by atoms with Crippen molar-refractivity contribution in [1.82, 2.24) is 0 Å². The van der Waals surface area contributed by atoms with E-state index in [4.69, 9.17) is 0 Å². The monoisotopic (exact) mass is 240 g/mol. The molecule has 1 aliphatic carbocycles. The van der Waals surface area contributed by atoms with Gasteiger partial charge in [0.25, 0.3) is 0 Å². The SMILES string of the molecule is CCC(CC)CC(C)(O)CCC1CCCCC1. The van der Waals surface area contributed by atoms with E-state index in [0.717, 1.165) is 18.8 Å². The van der Waals surface area contributed by atoms with Gasteiger partial charge in [-0.1, -0.05) is 58.8 Å². The molecule has 1 heteroatoms. The maximum atomic E-state index is 10.5. The van der Waals surface area contributed by atoms with Gasteiger partial charge in [0.15, 0.2) is 0 Å². The molecule has 0 aromatic rings. The summed E-state index contributed by atoms with van der Waals surface area (Å²) in [5.41, 5.74) is -0.422. The predicted molar refractivity (Wildman–Crippen MR) is 75.1 cm³/mol. The summed E-state index contributed by atoms with van der Waals surface area (Å²) in [6.07, 6.45) is 12.7. The molecule has 1 nitrogen and oxygen atoms in total. The molecule has 0 saturated heterocycles. The van der Waals surface area contributed by atoms with Crippen molar-refractivity contribution < 1.29 is 5.11 Å². The molecule has 1 fully saturated rings. The zero-order valence-corrected chi connectivity index (χ0v) is 12.2. The second-order valence-corrected chi connectivity index (χ2v) is 6.43. The fraction of sp³-hybridized carbons (Fsp3) is 1.00. The maximum absolute atomic E-state index is 10.5. The van der Waals surface area contributed by atoms with Crippen molar-refractivity contribution in [2.75, 3.05) is 0 Å². The van der Waals surface area contributed by atoms with Crippen molar-refractivity contribution >= 4 is 0 Å². The standard InChI is InChI=1S/C16H32O/c1-4-14(5-2)13-16(3,17)12-11-15-9-7-6-8-10-15/h14-15,17H,4-13H2,1-3H3. The van der Waals surface area contributed by atoms with E-state index >= 15 is 0 Å². The molecule has 0 aromatic heterocycles. The lowest BCUT2D eigenvalue weighted by atomic mass is 9.80. The zero-order valence-electron chi connectivity index (χ0n) is 12.2. The molecule has 0 radical (unpaired) electrons. The molecular formula is C16H32O. The maximum Gasteiger partial charge on any atom is 0.0622 e. The molecule has 1 aliphatic rings. The van der Waals surface area contributed by atoms with Gasteiger partial charge in [-0.05, 0) is 38.0 Å². The van der Waals surface area contributed by atoms with Crippen molar-refractivity contribution in [3.8, 4) is 0 Å². The van der Waals surface area contributed by atoms with E-state index in [1.807, 2.05) is 6.92 Å². The molecule has 1 N–H and O–H groups in total. The van der Waals surface area contributed by atoms with Gasteiger partial charge in [-0.2, -0.15) is 0 Å². The number of hydrogen-bond acceptors (Lipinski definition) is 1. The molecular weight excluding hydrogens is 208 g/mol. The second-order valence-electron chi connectivity index (χ2n) is 6.43. The minimum Gasteiger partial charge on any atom is -0.390 e. The summed E-state index contributed by atoms with van der Waals surface area (Å²) in [5.74, 6) is 1.60. The Balaban J connectivity index is 2.27. The number of aliphatic hydroxyl groups is 1. The lowest BCUT2D eigenvalue weighted by Gasteiger charge is -2.30. The average molecular weight is 240 g/mol. The average Bonchev–Trinajstić information content (AvgIpc) is 2.35. The quantitative estimate of drug-likeness (QED) is 0.669. The number of hydrogen-bond donors (Lipinski definition) is 1. The normalized spacial score (nSPS) is 21.7. The van der Waals surface area contributed by atoms with Gasteiger partial charge in [-0.15, -0.1) is 0 Å². The first-order valence-electron chi connectivity index (χ1n) is 7.79.